The van der Waals surface area contributed by atoms with Gasteiger partial charge in [0.05, 0.1) is 0 Å². The summed E-state index contributed by atoms with van der Waals surface area (Å²) < 4.78 is 0. The van der Waals surface area contributed by atoms with Crippen molar-refractivity contribution in [2.45, 2.75) is 31.7 Å². The molecule has 0 aromatic carbocycles. The standard InChI is InChI=1S/C10H20N2/c1-12-7-3-4-9(8-12)10-5-2-6-11-10/h9-11H,2-8H2,1H3/t9-,10+/m1/s1. The predicted octanol–water partition coefficient (Wildman–Crippen LogP) is 1.08. The van der Waals surface area contributed by atoms with Gasteiger partial charge in [-0.05, 0) is 51.7 Å². The molecule has 0 saturated carbocycles. The Morgan fingerprint density at radius 1 is 1.25 bits per heavy atom. The largest absolute Gasteiger partial charge is 0.314 e. The summed E-state index contributed by atoms with van der Waals surface area (Å²) in [7, 11) is 2.25. The second kappa shape index (κ2) is 3.75. The Bertz CT molecular complexity index is 141. The van der Waals surface area contributed by atoms with Crippen LogP contribution >= 0.6 is 0 Å². The van der Waals surface area contributed by atoms with E-state index in [2.05, 4.69) is 17.3 Å². The number of likely N-dealkylation sites (tertiary alicyclic amines) is 1. The second-order valence-corrected chi connectivity index (χ2v) is 4.37. The van der Waals surface area contributed by atoms with E-state index in [1.807, 2.05) is 0 Å². The molecule has 0 radical (unpaired) electrons. The van der Waals surface area contributed by atoms with Crippen LogP contribution in [0.25, 0.3) is 0 Å². The second-order valence-electron chi connectivity index (χ2n) is 4.37. The smallest absolute Gasteiger partial charge is 0.0108 e. The molecule has 0 amide bonds. The Balaban J connectivity index is 1.85. The molecule has 2 atom stereocenters. The van der Waals surface area contributed by atoms with Crippen molar-refractivity contribution in [3.63, 3.8) is 0 Å². The molecule has 2 fully saturated rings. The van der Waals surface area contributed by atoms with Crippen LogP contribution in [-0.2, 0) is 0 Å². The summed E-state index contributed by atoms with van der Waals surface area (Å²) in [5.74, 6) is 0.936. The molecule has 2 aliphatic rings. The van der Waals surface area contributed by atoms with Gasteiger partial charge in [-0.2, -0.15) is 0 Å². The maximum atomic E-state index is 3.62. The van der Waals surface area contributed by atoms with Gasteiger partial charge in [-0.1, -0.05) is 0 Å². The Kier molecular flexibility index (Phi) is 2.66. The zero-order valence-corrected chi connectivity index (χ0v) is 8.05. The van der Waals surface area contributed by atoms with E-state index in [0.717, 1.165) is 12.0 Å². The van der Waals surface area contributed by atoms with Crippen molar-refractivity contribution < 1.29 is 0 Å². The summed E-state index contributed by atoms with van der Waals surface area (Å²) in [5.41, 5.74) is 0. The molecule has 0 bridgehead atoms. The van der Waals surface area contributed by atoms with Crippen LogP contribution in [0, 0.1) is 5.92 Å². The van der Waals surface area contributed by atoms with Crippen molar-refractivity contribution in [2.24, 2.45) is 5.92 Å². The van der Waals surface area contributed by atoms with Gasteiger partial charge in [0.1, 0.15) is 0 Å². The first-order chi connectivity index (χ1) is 5.86. The third-order valence-electron chi connectivity index (χ3n) is 3.33. The molecule has 2 heterocycles. The molecule has 2 aliphatic heterocycles. The topological polar surface area (TPSA) is 15.3 Å². The lowest BCUT2D eigenvalue weighted by Crippen LogP contribution is -2.41. The van der Waals surface area contributed by atoms with Crippen LogP contribution in [0.5, 0.6) is 0 Å². The normalized spacial score (nSPS) is 38.8. The molecule has 0 aliphatic carbocycles. The Morgan fingerprint density at radius 3 is 2.83 bits per heavy atom. The van der Waals surface area contributed by atoms with Gasteiger partial charge in [0.25, 0.3) is 0 Å². The molecule has 2 rings (SSSR count). The molecule has 2 heteroatoms. The fourth-order valence-electron chi connectivity index (χ4n) is 2.65. The monoisotopic (exact) mass is 168 g/mol. The Hall–Kier alpha value is -0.0800. The predicted molar refractivity (Wildman–Crippen MR) is 51.2 cm³/mol. The van der Waals surface area contributed by atoms with Crippen LogP contribution in [-0.4, -0.2) is 37.6 Å². The van der Waals surface area contributed by atoms with Crippen LogP contribution in [0.4, 0.5) is 0 Å². The molecule has 0 unspecified atom stereocenters. The SMILES string of the molecule is CN1CCC[C@@H]([C@@H]2CCCN2)C1. The molecular weight excluding hydrogens is 148 g/mol. The van der Waals surface area contributed by atoms with Crippen molar-refractivity contribution in [1.29, 1.82) is 0 Å². The number of nitrogens with one attached hydrogen (secondary N) is 1. The van der Waals surface area contributed by atoms with Crippen molar-refractivity contribution in [2.75, 3.05) is 26.7 Å². The highest BCUT2D eigenvalue weighted by atomic mass is 15.1. The lowest BCUT2D eigenvalue weighted by atomic mass is 9.90. The van der Waals surface area contributed by atoms with Crippen molar-refractivity contribution >= 4 is 0 Å². The summed E-state index contributed by atoms with van der Waals surface area (Å²) in [4.78, 5) is 2.48. The Labute approximate surface area is 75.3 Å². The average molecular weight is 168 g/mol. The fraction of sp³-hybridized carbons (Fsp3) is 1.00. The van der Waals surface area contributed by atoms with Gasteiger partial charge in [-0.15, -0.1) is 0 Å². The number of piperidine rings is 1. The van der Waals surface area contributed by atoms with E-state index in [9.17, 15) is 0 Å². The zero-order valence-electron chi connectivity index (χ0n) is 8.05. The molecule has 0 aromatic rings. The van der Waals surface area contributed by atoms with Crippen molar-refractivity contribution in [3.05, 3.63) is 0 Å². The van der Waals surface area contributed by atoms with Crippen LogP contribution < -0.4 is 5.32 Å². The summed E-state index contributed by atoms with van der Waals surface area (Å²) in [6.45, 7) is 3.88. The van der Waals surface area contributed by atoms with E-state index in [1.54, 1.807) is 0 Å². The van der Waals surface area contributed by atoms with Crippen molar-refractivity contribution in [1.82, 2.24) is 10.2 Å². The summed E-state index contributed by atoms with van der Waals surface area (Å²) in [6.07, 6.45) is 5.66. The summed E-state index contributed by atoms with van der Waals surface area (Å²) in [5, 5.41) is 3.62. The highest BCUT2D eigenvalue weighted by molar-refractivity contribution is 4.85. The number of hydrogen-bond acceptors (Lipinski definition) is 2. The Morgan fingerprint density at radius 2 is 2.17 bits per heavy atom. The van der Waals surface area contributed by atoms with E-state index in [0.29, 0.717) is 0 Å². The van der Waals surface area contributed by atoms with Crippen LogP contribution in [0.2, 0.25) is 0 Å². The zero-order chi connectivity index (χ0) is 8.39. The maximum Gasteiger partial charge on any atom is 0.0108 e. The maximum absolute atomic E-state index is 3.62. The quantitative estimate of drug-likeness (QED) is 0.630. The summed E-state index contributed by atoms with van der Waals surface area (Å²) >= 11 is 0. The third-order valence-corrected chi connectivity index (χ3v) is 3.33. The molecular formula is C10H20N2. The number of rotatable bonds is 1. The molecule has 0 aromatic heterocycles. The van der Waals surface area contributed by atoms with Gasteiger partial charge in [0.2, 0.25) is 0 Å². The third kappa shape index (κ3) is 1.80. The van der Waals surface area contributed by atoms with E-state index in [-0.39, 0.29) is 0 Å². The van der Waals surface area contributed by atoms with E-state index in [4.69, 9.17) is 0 Å². The highest BCUT2D eigenvalue weighted by Gasteiger charge is 2.27. The molecule has 1 N–H and O–H groups in total. The first kappa shape index (κ1) is 8.52. The molecule has 12 heavy (non-hydrogen) atoms. The van der Waals surface area contributed by atoms with Gasteiger partial charge < -0.3 is 10.2 Å². The van der Waals surface area contributed by atoms with Gasteiger partial charge in [0, 0.05) is 12.6 Å². The molecule has 2 nitrogen and oxygen atoms in total. The van der Waals surface area contributed by atoms with Gasteiger partial charge in [0.15, 0.2) is 0 Å². The molecule has 2 saturated heterocycles. The fourth-order valence-corrected chi connectivity index (χ4v) is 2.65. The van der Waals surface area contributed by atoms with Crippen LogP contribution in [0.15, 0.2) is 0 Å². The number of nitrogens with zero attached hydrogens (tertiary/aromatic N) is 1. The molecule has 0 spiro atoms. The van der Waals surface area contributed by atoms with Gasteiger partial charge in [-0.25, -0.2) is 0 Å². The first-order valence-electron chi connectivity index (χ1n) is 5.28. The van der Waals surface area contributed by atoms with Gasteiger partial charge >= 0.3 is 0 Å². The summed E-state index contributed by atoms with van der Waals surface area (Å²) in [6, 6.07) is 0.841. The van der Waals surface area contributed by atoms with Crippen LogP contribution in [0.3, 0.4) is 0 Å². The highest BCUT2D eigenvalue weighted by Crippen LogP contribution is 2.23. The lowest BCUT2D eigenvalue weighted by Gasteiger charge is -2.33. The number of hydrogen-bond donors (Lipinski definition) is 1. The minimum absolute atomic E-state index is 0.841. The minimum Gasteiger partial charge on any atom is -0.314 e. The lowest BCUT2D eigenvalue weighted by molar-refractivity contribution is 0.180. The average Bonchev–Trinajstić information content (AvgIpc) is 2.56. The van der Waals surface area contributed by atoms with Gasteiger partial charge in [-0.3, -0.25) is 0 Å². The van der Waals surface area contributed by atoms with E-state index >= 15 is 0 Å². The first-order valence-corrected chi connectivity index (χ1v) is 5.28. The van der Waals surface area contributed by atoms with E-state index < -0.39 is 0 Å². The minimum atomic E-state index is 0.841. The van der Waals surface area contributed by atoms with Crippen LogP contribution in [0.1, 0.15) is 25.7 Å². The van der Waals surface area contributed by atoms with E-state index in [1.165, 1.54) is 45.3 Å². The van der Waals surface area contributed by atoms with Crippen molar-refractivity contribution in [3.8, 4) is 0 Å². The molecule has 70 valence electrons.